The summed E-state index contributed by atoms with van der Waals surface area (Å²) in [4.78, 5) is 0. The molecule has 1 saturated carbocycles. The van der Waals surface area contributed by atoms with Crippen LogP contribution in [0.15, 0.2) is 24.3 Å². The van der Waals surface area contributed by atoms with Crippen LogP contribution in [0.25, 0.3) is 0 Å². The summed E-state index contributed by atoms with van der Waals surface area (Å²) in [6.07, 6.45) is 4.26. The number of ether oxygens (including phenoxy) is 1. The molecule has 1 N–H and O–H groups in total. The van der Waals surface area contributed by atoms with Crippen molar-refractivity contribution in [3.05, 3.63) is 29.8 Å². The summed E-state index contributed by atoms with van der Waals surface area (Å²) in [6.45, 7) is 0.839. The van der Waals surface area contributed by atoms with E-state index in [4.69, 9.17) is 10.00 Å². The molecule has 2 rings (SSSR count). The number of methoxy groups -OCH3 is 1. The Balaban J connectivity index is 1.83. The first kappa shape index (κ1) is 12.9. The van der Waals surface area contributed by atoms with Gasteiger partial charge in [-0.15, -0.1) is 0 Å². The predicted molar refractivity (Wildman–Crippen MR) is 71.2 cm³/mol. The molecule has 1 aliphatic rings. The van der Waals surface area contributed by atoms with E-state index in [0.29, 0.717) is 6.04 Å². The zero-order valence-electron chi connectivity index (χ0n) is 10.9. The summed E-state index contributed by atoms with van der Waals surface area (Å²) in [5, 5.41) is 12.4. The number of benzene rings is 1. The van der Waals surface area contributed by atoms with Crippen molar-refractivity contribution in [2.24, 2.45) is 5.92 Å². The Hall–Kier alpha value is -1.53. The van der Waals surface area contributed by atoms with Gasteiger partial charge in [-0.05, 0) is 31.7 Å². The summed E-state index contributed by atoms with van der Waals surface area (Å²) >= 11 is 0. The lowest BCUT2D eigenvalue weighted by Crippen LogP contribution is -2.32. The Morgan fingerprint density at radius 3 is 2.67 bits per heavy atom. The minimum atomic E-state index is 0.273. The normalized spacial score (nSPS) is 23.3. The third kappa shape index (κ3) is 3.24. The van der Waals surface area contributed by atoms with Crippen molar-refractivity contribution in [1.29, 1.82) is 5.26 Å². The van der Waals surface area contributed by atoms with E-state index in [9.17, 15) is 0 Å². The van der Waals surface area contributed by atoms with Gasteiger partial charge in [0.25, 0.3) is 0 Å². The molecule has 0 unspecified atom stereocenters. The summed E-state index contributed by atoms with van der Waals surface area (Å²) < 4.78 is 5.34. The molecule has 18 heavy (non-hydrogen) atoms. The van der Waals surface area contributed by atoms with Crippen LogP contribution in [0.5, 0.6) is 5.75 Å². The smallest absolute Gasteiger partial charge is 0.123 e. The maximum absolute atomic E-state index is 8.87. The second-order valence-electron chi connectivity index (χ2n) is 4.87. The van der Waals surface area contributed by atoms with Gasteiger partial charge in [-0.2, -0.15) is 5.26 Å². The predicted octanol–water partition coefficient (Wildman–Crippen LogP) is 2.87. The van der Waals surface area contributed by atoms with Crippen molar-refractivity contribution >= 4 is 0 Å². The quantitative estimate of drug-likeness (QED) is 0.885. The van der Waals surface area contributed by atoms with Gasteiger partial charge in [-0.1, -0.05) is 18.2 Å². The van der Waals surface area contributed by atoms with Crippen molar-refractivity contribution in [3.63, 3.8) is 0 Å². The fourth-order valence-electron chi connectivity index (χ4n) is 2.53. The number of para-hydroxylation sites is 1. The molecule has 0 amide bonds. The Morgan fingerprint density at radius 2 is 2.00 bits per heavy atom. The van der Waals surface area contributed by atoms with Crippen LogP contribution in [-0.4, -0.2) is 13.2 Å². The first-order valence-corrected chi connectivity index (χ1v) is 6.58. The number of hydrogen-bond donors (Lipinski definition) is 1. The van der Waals surface area contributed by atoms with E-state index in [1.165, 1.54) is 5.56 Å². The minimum absolute atomic E-state index is 0.273. The lowest BCUT2D eigenvalue weighted by Gasteiger charge is -2.26. The van der Waals surface area contributed by atoms with Crippen LogP contribution in [0.2, 0.25) is 0 Å². The number of nitrogens with one attached hydrogen (secondary N) is 1. The van der Waals surface area contributed by atoms with Crippen LogP contribution >= 0.6 is 0 Å². The average Bonchev–Trinajstić information content (AvgIpc) is 2.46. The lowest BCUT2D eigenvalue weighted by molar-refractivity contribution is 0.328. The molecule has 3 nitrogen and oxygen atoms in total. The van der Waals surface area contributed by atoms with Crippen LogP contribution in [-0.2, 0) is 6.54 Å². The van der Waals surface area contributed by atoms with Crippen LogP contribution in [0.3, 0.4) is 0 Å². The Kier molecular flexibility index (Phi) is 4.60. The monoisotopic (exact) mass is 244 g/mol. The summed E-state index contributed by atoms with van der Waals surface area (Å²) in [6, 6.07) is 11.0. The van der Waals surface area contributed by atoms with E-state index >= 15 is 0 Å². The molecule has 1 aromatic carbocycles. The zero-order chi connectivity index (χ0) is 12.8. The SMILES string of the molecule is COc1ccccc1CNC1CCC(C#N)CC1. The summed E-state index contributed by atoms with van der Waals surface area (Å²) in [5.41, 5.74) is 1.20. The summed E-state index contributed by atoms with van der Waals surface area (Å²) in [7, 11) is 1.71. The maximum Gasteiger partial charge on any atom is 0.123 e. The fraction of sp³-hybridized carbons (Fsp3) is 0.533. The molecule has 0 atom stereocenters. The average molecular weight is 244 g/mol. The topological polar surface area (TPSA) is 45.0 Å². The van der Waals surface area contributed by atoms with E-state index in [1.54, 1.807) is 7.11 Å². The third-order valence-electron chi connectivity index (χ3n) is 3.68. The maximum atomic E-state index is 8.87. The molecular formula is C15H20N2O. The van der Waals surface area contributed by atoms with E-state index in [1.807, 2.05) is 18.2 Å². The highest BCUT2D eigenvalue weighted by Gasteiger charge is 2.20. The molecule has 0 aliphatic heterocycles. The molecule has 96 valence electrons. The molecule has 1 fully saturated rings. The number of nitriles is 1. The molecule has 1 aromatic rings. The standard InChI is InChI=1S/C15H20N2O/c1-18-15-5-3-2-4-13(15)11-17-14-8-6-12(10-16)7-9-14/h2-5,12,14,17H,6-9,11H2,1H3. The molecular weight excluding hydrogens is 224 g/mol. The number of rotatable bonds is 4. The van der Waals surface area contributed by atoms with Crippen molar-refractivity contribution in [3.8, 4) is 11.8 Å². The van der Waals surface area contributed by atoms with Gasteiger partial charge in [0.1, 0.15) is 5.75 Å². The van der Waals surface area contributed by atoms with Crippen LogP contribution in [0, 0.1) is 17.2 Å². The minimum Gasteiger partial charge on any atom is -0.496 e. The third-order valence-corrected chi connectivity index (χ3v) is 3.68. The fourth-order valence-corrected chi connectivity index (χ4v) is 2.53. The second kappa shape index (κ2) is 6.42. The van der Waals surface area contributed by atoms with Crippen LogP contribution in [0.4, 0.5) is 0 Å². The van der Waals surface area contributed by atoms with Gasteiger partial charge >= 0.3 is 0 Å². The highest BCUT2D eigenvalue weighted by atomic mass is 16.5. The molecule has 0 aromatic heterocycles. The lowest BCUT2D eigenvalue weighted by atomic mass is 9.87. The van der Waals surface area contributed by atoms with Gasteiger partial charge < -0.3 is 10.1 Å². The Labute approximate surface area is 109 Å². The van der Waals surface area contributed by atoms with Gasteiger partial charge in [-0.25, -0.2) is 0 Å². The molecule has 0 bridgehead atoms. The van der Waals surface area contributed by atoms with Gasteiger partial charge in [0, 0.05) is 24.1 Å². The first-order chi connectivity index (χ1) is 8.83. The van der Waals surface area contributed by atoms with Crippen molar-refractivity contribution in [1.82, 2.24) is 5.32 Å². The van der Waals surface area contributed by atoms with E-state index in [0.717, 1.165) is 38.0 Å². The summed E-state index contributed by atoms with van der Waals surface area (Å²) in [5.74, 6) is 1.21. The highest BCUT2D eigenvalue weighted by molar-refractivity contribution is 5.33. The van der Waals surface area contributed by atoms with Gasteiger partial charge in [0.05, 0.1) is 13.2 Å². The molecule has 3 heteroatoms. The van der Waals surface area contributed by atoms with Crippen molar-refractivity contribution in [2.75, 3.05) is 7.11 Å². The van der Waals surface area contributed by atoms with Gasteiger partial charge in [0.2, 0.25) is 0 Å². The molecule has 0 spiro atoms. The van der Waals surface area contributed by atoms with Crippen molar-refractivity contribution in [2.45, 2.75) is 38.3 Å². The zero-order valence-corrected chi connectivity index (χ0v) is 10.9. The molecule has 0 radical (unpaired) electrons. The van der Waals surface area contributed by atoms with E-state index in [-0.39, 0.29) is 5.92 Å². The van der Waals surface area contributed by atoms with Crippen molar-refractivity contribution < 1.29 is 4.74 Å². The van der Waals surface area contributed by atoms with E-state index in [2.05, 4.69) is 17.5 Å². The van der Waals surface area contributed by atoms with Crippen LogP contribution in [0.1, 0.15) is 31.2 Å². The van der Waals surface area contributed by atoms with Gasteiger partial charge in [-0.3, -0.25) is 0 Å². The molecule has 0 saturated heterocycles. The first-order valence-electron chi connectivity index (χ1n) is 6.58. The molecule has 0 heterocycles. The Bertz CT molecular complexity index is 417. The number of hydrogen-bond acceptors (Lipinski definition) is 3. The largest absolute Gasteiger partial charge is 0.496 e. The van der Waals surface area contributed by atoms with E-state index < -0.39 is 0 Å². The Morgan fingerprint density at radius 1 is 1.28 bits per heavy atom. The highest BCUT2D eigenvalue weighted by Crippen LogP contribution is 2.24. The van der Waals surface area contributed by atoms with Crippen LogP contribution < -0.4 is 10.1 Å². The van der Waals surface area contributed by atoms with Gasteiger partial charge in [0.15, 0.2) is 0 Å². The molecule has 1 aliphatic carbocycles. The number of nitrogens with zero attached hydrogens (tertiary/aromatic N) is 1. The second-order valence-corrected chi connectivity index (χ2v) is 4.87.